The fourth-order valence-electron chi connectivity index (χ4n) is 4.83. The van der Waals surface area contributed by atoms with Gasteiger partial charge < -0.3 is 10.2 Å². The van der Waals surface area contributed by atoms with E-state index in [1.807, 2.05) is 12.2 Å². The molecule has 2 aromatic carbocycles. The number of hydrogen-bond acceptors (Lipinski definition) is 4. The quantitative estimate of drug-likeness (QED) is 0.688. The number of hydrogen-bond donors (Lipinski definition) is 2. The van der Waals surface area contributed by atoms with E-state index in [0.29, 0.717) is 35.3 Å². The SMILES string of the molecule is O=C(Nc1ccccc1C(=O)N1CCCC1)c1cccc(N2NC(=O)[C@@H]3CC=CC[C@@H]3C2=O)c1. The second-order valence-corrected chi connectivity index (χ2v) is 8.85. The van der Waals surface area contributed by atoms with Gasteiger partial charge in [0.15, 0.2) is 0 Å². The zero-order chi connectivity index (χ0) is 23.7. The van der Waals surface area contributed by atoms with E-state index in [2.05, 4.69) is 10.7 Å². The number of anilines is 2. The molecule has 0 aromatic heterocycles. The number of hydrazine groups is 1. The van der Waals surface area contributed by atoms with E-state index in [0.717, 1.165) is 25.9 Å². The molecule has 0 spiro atoms. The van der Waals surface area contributed by atoms with Gasteiger partial charge in [-0.05, 0) is 56.0 Å². The van der Waals surface area contributed by atoms with Crippen LogP contribution in [0.5, 0.6) is 0 Å². The summed E-state index contributed by atoms with van der Waals surface area (Å²) in [6.45, 7) is 1.44. The Labute approximate surface area is 197 Å². The van der Waals surface area contributed by atoms with Crippen molar-refractivity contribution in [1.82, 2.24) is 10.3 Å². The Hall–Kier alpha value is -3.94. The first-order valence-electron chi connectivity index (χ1n) is 11.6. The van der Waals surface area contributed by atoms with E-state index in [4.69, 9.17) is 0 Å². The molecule has 174 valence electrons. The van der Waals surface area contributed by atoms with Crippen LogP contribution >= 0.6 is 0 Å². The van der Waals surface area contributed by atoms with Gasteiger partial charge in [-0.3, -0.25) is 24.6 Å². The maximum Gasteiger partial charge on any atom is 0.255 e. The molecule has 0 radical (unpaired) electrons. The summed E-state index contributed by atoms with van der Waals surface area (Å²) in [4.78, 5) is 53.4. The standard InChI is InChI=1S/C26H26N4O4/c31-23(27-22-13-4-3-12-21(22)25(33)29-14-5-6-15-29)17-8-7-9-18(16-17)30-26(34)20-11-2-1-10-19(20)24(32)28-30/h1-4,7-9,12-13,16,19-20H,5-6,10-11,14-15H2,(H,27,31)(H,28,32)/t19-,20+/m1/s1. The Morgan fingerprint density at radius 3 is 2.44 bits per heavy atom. The maximum atomic E-state index is 13.1. The van der Waals surface area contributed by atoms with Crippen LogP contribution in [-0.4, -0.2) is 41.6 Å². The zero-order valence-corrected chi connectivity index (χ0v) is 18.7. The van der Waals surface area contributed by atoms with Crippen LogP contribution in [0.4, 0.5) is 11.4 Å². The van der Waals surface area contributed by atoms with Crippen molar-refractivity contribution in [3.63, 3.8) is 0 Å². The first-order chi connectivity index (χ1) is 16.5. The van der Waals surface area contributed by atoms with Crippen LogP contribution in [0, 0.1) is 11.8 Å². The van der Waals surface area contributed by atoms with Gasteiger partial charge in [-0.2, -0.15) is 0 Å². The molecule has 2 heterocycles. The number of nitrogens with one attached hydrogen (secondary N) is 2. The molecular weight excluding hydrogens is 432 g/mol. The van der Waals surface area contributed by atoms with Crippen LogP contribution in [0.15, 0.2) is 60.7 Å². The summed E-state index contributed by atoms with van der Waals surface area (Å²) in [7, 11) is 0. The number of fused-ring (bicyclic) bond motifs is 1. The smallest absolute Gasteiger partial charge is 0.255 e. The highest BCUT2D eigenvalue weighted by atomic mass is 16.2. The van der Waals surface area contributed by atoms with Gasteiger partial charge >= 0.3 is 0 Å². The van der Waals surface area contributed by atoms with Gasteiger partial charge in [0.1, 0.15) is 0 Å². The second-order valence-electron chi connectivity index (χ2n) is 8.85. The predicted octanol–water partition coefficient (Wildman–Crippen LogP) is 3.14. The molecule has 0 saturated carbocycles. The van der Waals surface area contributed by atoms with Gasteiger partial charge in [0.25, 0.3) is 11.8 Å². The minimum absolute atomic E-state index is 0.0973. The average Bonchev–Trinajstić information content (AvgIpc) is 3.41. The molecule has 8 nitrogen and oxygen atoms in total. The lowest BCUT2D eigenvalue weighted by molar-refractivity contribution is -0.139. The predicted molar refractivity (Wildman–Crippen MR) is 127 cm³/mol. The molecule has 2 aromatic rings. The Kier molecular flexibility index (Phi) is 5.88. The van der Waals surface area contributed by atoms with Crippen LogP contribution in [0.1, 0.15) is 46.4 Å². The molecule has 1 aliphatic carbocycles. The lowest BCUT2D eigenvalue weighted by atomic mass is 9.80. The van der Waals surface area contributed by atoms with Crippen molar-refractivity contribution in [3.05, 3.63) is 71.8 Å². The van der Waals surface area contributed by atoms with Gasteiger partial charge in [0.2, 0.25) is 11.8 Å². The summed E-state index contributed by atoms with van der Waals surface area (Å²) in [5, 5.41) is 4.08. The van der Waals surface area contributed by atoms with Crippen molar-refractivity contribution in [2.24, 2.45) is 11.8 Å². The van der Waals surface area contributed by atoms with E-state index in [-0.39, 0.29) is 23.6 Å². The van der Waals surface area contributed by atoms with Crippen LogP contribution in [0.25, 0.3) is 0 Å². The third-order valence-corrected chi connectivity index (χ3v) is 6.69. The molecule has 2 fully saturated rings. The molecule has 0 bridgehead atoms. The minimum atomic E-state index is -0.405. The lowest BCUT2D eigenvalue weighted by Crippen LogP contribution is -2.59. The van der Waals surface area contributed by atoms with Crippen molar-refractivity contribution in [3.8, 4) is 0 Å². The molecular formula is C26H26N4O4. The molecule has 3 aliphatic rings. The number of amides is 4. The summed E-state index contributed by atoms with van der Waals surface area (Å²) < 4.78 is 0. The number of allylic oxidation sites excluding steroid dienone is 2. The number of carbonyl (C=O) groups is 4. The summed E-state index contributed by atoms with van der Waals surface area (Å²) in [6, 6.07) is 13.5. The number of benzene rings is 2. The third kappa shape index (κ3) is 4.07. The Bertz CT molecular complexity index is 1180. The first-order valence-corrected chi connectivity index (χ1v) is 11.6. The molecule has 4 amide bonds. The molecule has 0 unspecified atom stereocenters. The number of likely N-dealkylation sites (tertiary alicyclic amines) is 1. The summed E-state index contributed by atoms with van der Waals surface area (Å²) in [6.07, 6.45) is 6.90. The summed E-state index contributed by atoms with van der Waals surface area (Å²) in [5.41, 5.74) is 4.30. The average molecular weight is 459 g/mol. The van der Waals surface area contributed by atoms with Gasteiger partial charge in [-0.15, -0.1) is 0 Å². The lowest BCUT2D eigenvalue weighted by Gasteiger charge is -2.38. The van der Waals surface area contributed by atoms with Crippen molar-refractivity contribution in [2.75, 3.05) is 23.4 Å². The highest BCUT2D eigenvalue weighted by Crippen LogP contribution is 2.32. The van der Waals surface area contributed by atoms with Gasteiger partial charge in [-0.1, -0.05) is 30.4 Å². The van der Waals surface area contributed by atoms with Crippen molar-refractivity contribution in [1.29, 1.82) is 0 Å². The largest absolute Gasteiger partial charge is 0.339 e. The Balaban J connectivity index is 1.36. The molecule has 2 aliphatic heterocycles. The number of carbonyl (C=O) groups excluding carboxylic acids is 4. The zero-order valence-electron chi connectivity index (χ0n) is 18.7. The van der Waals surface area contributed by atoms with Crippen molar-refractivity contribution < 1.29 is 19.2 Å². The van der Waals surface area contributed by atoms with Crippen LogP contribution in [0.2, 0.25) is 0 Å². The molecule has 8 heteroatoms. The van der Waals surface area contributed by atoms with E-state index < -0.39 is 11.8 Å². The molecule has 2 N–H and O–H groups in total. The number of nitrogens with zero attached hydrogens (tertiary/aromatic N) is 2. The molecule has 5 rings (SSSR count). The van der Waals surface area contributed by atoms with Gasteiger partial charge in [0.05, 0.1) is 28.8 Å². The summed E-state index contributed by atoms with van der Waals surface area (Å²) in [5.74, 6) is -1.64. The third-order valence-electron chi connectivity index (χ3n) is 6.69. The fourth-order valence-corrected chi connectivity index (χ4v) is 4.83. The molecule has 2 atom stereocenters. The molecule has 2 saturated heterocycles. The second kappa shape index (κ2) is 9.13. The van der Waals surface area contributed by atoms with Crippen LogP contribution in [0.3, 0.4) is 0 Å². The topological polar surface area (TPSA) is 98.8 Å². The van der Waals surface area contributed by atoms with Gasteiger partial charge in [0, 0.05) is 18.7 Å². The number of para-hydroxylation sites is 1. The minimum Gasteiger partial charge on any atom is -0.339 e. The maximum absolute atomic E-state index is 13.1. The van der Waals surface area contributed by atoms with E-state index >= 15 is 0 Å². The van der Waals surface area contributed by atoms with Crippen molar-refractivity contribution >= 4 is 35.0 Å². The van der Waals surface area contributed by atoms with E-state index in [1.54, 1.807) is 53.4 Å². The number of rotatable bonds is 4. The molecule has 34 heavy (non-hydrogen) atoms. The van der Waals surface area contributed by atoms with Crippen molar-refractivity contribution in [2.45, 2.75) is 25.7 Å². The van der Waals surface area contributed by atoms with E-state index in [9.17, 15) is 19.2 Å². The van der Waals surface area contributed by atoms with E-state index in [1.165, 1.54) is 5.01 Å². The highest BCUT2D eigenvalue weighted by Gasteiger charge is 2.42. The monoisotopic (exact) mass is 458 g/mol. The fraction of sp³-hybridized carbons (Fsp3) is 0.308. The van der Waals surface area contributed by atoms with Crippen LogP contribution < -0.4 is 15.8 Å². The normalized spacial score (nSPS) is 21.8. The summed E-state index contributed by atoms with van der Waals surface area (Å²) >= 11 is 0. The Morgan fingerprint density at radius 1 is 0.912 bits per heavy atom. The Morgan fingerprint density at radius 2 is 1.65 bits per heavy atom. The first kappa shape index (κ1) is 21.9. The van der Waals surface area contributed by atoms with Crippen LogP contribution in [-0.2, 0) is 9.59 Å². The highest BCUT2D eigenvalue weighted by molar-refractivity contribution is 6.10. The van der Waals surface area contributed by atoms with Gasteiger partial charge in [-0.25, -0.2) is 5.01 Å².